The molecule has 0 fully saturated rings. The van der Waals surface area contributed by atoms with Gasteiger partial charge in [-0.25, -0.2) is 0 Å². The maximum Gasteiger partial charge on any atom is 0.228 e. The molecule has 2 unspecified atom stereocenters. The largest absolute Gasteiger partial charge is 0.496 e. The summed E-state index contributed by atoms with van der Waals surface area (Å²) in [5, 5.41) is 0. The molecule has 0 bridgehead atoms. The van der Waals surface area contributed by atoms with Gasteiger partial charge >= 0.3 is 0 Å². The number of Topliss-reactive ketones (excluding diaryl/α,β-unsaturated/α-hetero) is 1. The molecule has 0 saturated carbocycles. The van der Waals surface area contributed by atoms with Crippen molar-refractivity contribution in [3.05, 3.63) is 40.2 Å². The third kappa shape index (κ3) is 2.53. The quantitative estimate of drug-likeness (QED) is 0.846. The summed E-state index contributed by atoms with van der Waals surface area (Å²) in [6, 6.07) is 1.82. The van der Waals surface area contributed by atoms with E-state index in [1.165, 1.54) is 20.3 Å². The van der Waals surface area contributed by atoms with Crippen molar-refractivity contribution in [2.75, 3.05) is 14.2 Å². The predicted molar refractivity (Wildman–Crippen MR) is 88.6 cm³/mol. The second-order valence-electron chi connectivity index (χ2n) is 6.24. The van der Waals surface area contributed by atoms with Gasteiger partial charge in [0.2, 0.25) is 5.78 Å². The number of rotatable bonds is 4. The van der Waals surface area contributed by atoms with Crippen LogP contribution in [0.15, 0.2) is 17.9 Å². The molecule has 2 atom stereocenters. The molecule has 0 spiro atoms. The first kappa shape index (κ1) is 16.7. The number of fused-ring (bicyclic) bond motifs is 2. The van der Waals surface area contributed by atoms with Gasteiger partial charge in [0, 0.05) is 17.2 Å². The van der Waals surface area contributed by atoms with E-state index in [-0.39, 0.29) is 29.5 Å². The van der Waals surface area contributed by atoms with Crippen molar-refractivity contribution >= 4 is 11.6 Å². The fraction of sp³-hybridized carbons (Fsp3) is 0.474. The molecule has 0 saturated heterocycles. The van der Waals surface area contributed by atoms with Crippen LogP contribution in [0.3, 0.4) is 0 Å². The average Bonchev–Trinajstić information content (AvgIpc) is 2.56. The maximum absolute atomic E-state index is 12.6. The van der Waals surface area contributed by atoms with Crippen LogP contribution in [0.25, 0.3) is 0 Å². The first-order valence-electron chi connectivity index (χ1n) is 8.25. The molecule has 5 heteroatoms. The average molecular weight is 330 g/mol. The zero-order valence-corrected chi connectivity index (χ0v) is 14.5. The summed E-state index contributed by atoms with van der Waals surface area (Å²) in [5.74, 6) is -0.00770. The van der Waals surface area contributed by atoms with Crippen LogP contribution >= 0.6 is 0 Å². The van der Waals surface area contributed by atoms with Crippen LogP contribution in [0, 0.1) is 0 Å². The minimum absolute atomic E-state index is 0.0589. The van der Waals surface area contributed by atoms with E-state index in [1.807, 2.05) is 13.0 Å². The maximum atomic E-state index is 12.6. The third-order valence-corrected chi connectivity index (χ3v) is 4.58. The summed E-state index contributed by atoms with van der Waals surface area (Å²) < 4.78 is 16.7. The van der Waals surface area contributed by atoms with Gasteiger partial charge in [-0.15, -0.1) is 0 Å². The fourth-order valence-electron chi connectivity index (χ4n) is 3.61. The molecular weight excluding hydrogens is 308 g/mol. The number of methoxy groups -OCH3 is 2. The molecule has 128 valence electrons. The number of allylic oxidation sites excluding steroid dienone is 2. The van der Waals surface area contributed by atoms with E-state index < -0.39 is 0 Å². The molecule has 0 radical (unpaired) electrons. The van der Waals surface area contributed by atoms with Crippen molar-refractivity contribution in [2.45, 2.75) is 45.3 Å². The Morgan fingerprint density at radius 3 is 2.62 bits per heavy atom. The molecule has 3 rings (SSSR count). The highest BCUT2D eigenvalue weighted by Gasteiger charge is 2.36. The number of ketones is 2. The highest BCUT2D eigenvalue weighted by molar-refractivity contribution is 6.25. The second kappa shape index (κ2) is 6.40. The molecule has 0 N–H and O–H groups in total. The van der Waals surface area contributed by atoms with Crippen molar-refractivity contribution in [3.8, 4) is 5.75 Å². The monoisotopic (exact) mass is 330 g/mol. The molecule has 0 amide bonds. The zero-order valence-electron chi connectivity index (χ0n) is 14.5. The molecule has 1 aliphatic carbocycles. The number of carbonyl (C=O) groups excluding carboxylic acids is 2. The number of hydrogen-bond donors (Lipinski definition) is 0. The van der Waals surface area contributed by atoms with Crippen LogP contribution in [0.4, 0.5) is 0 Å². The molecule has 5 nitrogen and oxygen atoms in total. The Bertz CT molecular complexity index is 732. The van der Waals surface area contributed by atoms with Gasteiger partial charge in [-0.3, -0.25) is 9.59 Å². The summed E-state index contributed by atoms with van der Waals surface area (Å²) >= 11 is 0. The Labute approximate surface area is 141 Å². The Morgan fingerprint density at radius 2 is 2.00 bits per heavy atom. The van der Waals surface area contributed by atoms with E-state index in [0.717, 1.165) is 24.0 Å². The Balaban J connectivity index is 2.25. The number of ether oxygens (including phenoxy) is 3. The van der Waals surface area contributed by atoms with Crippen LogP contribution in [-0.2, 0) is 15.9 Å². The Morgan fingerprint density at radius 1 is 1.25 bits per heavy atom. The molecule has 0 aromatic heterocycles. The highest BCUT2D eigenvalue weighted by Crippen LogP contribution is 2.44. The van der Waals surface area contributed by atoms with E-state index in [0.29, 0.717) is 23.3 Å². The lowest BCUT2D eigenvalue weighted by Gasteiger charge is -2.33. The predicted octanol–water partition coefficient (Wildman–Crippen LogP) is 3.41. The summed E-state index contributed by atoms with van der Waals surface area (Å²) in [5.41, 5.74) is 2.61. The number of carbonyl (C=O) groups is 2. The molecule has 1 aromatic rings. The van der Waals surface area contributed by atoms with Gasteiger partial charge in [0.25, 0.3) is 0 Å². The van der Waals surface area contributed by atoms with Gasteiger partial charge in [0.05, 0.1) is 32.0 Å². The Kier molecular flexibility index (Phi) is 4.45. The van der Waals surface area contributed by atoms with E-state index in [4.69, 9.17) is 14.2 Å². The Hall–Kier alpha value is -2.14. The lowest BCUT2D eigenvalue weighted by molar-refractivity contribution is -0.0214. The molecule has 1 aromatic carbocycles. The normalized spacial score (nSPS) is 22.6. The van der Waals surface area contributed by atoms with Crippen LogP contribution < -0.4 is 4.74 Å². The first-order valence-corrected chi connectivity index (χ1v) is 8.25. The van der Waals surface area contributed by atoms with Crippen molar-refractivity contribution in [1.82, 2.24) is 0 Å². The number of benzene rings is 1. The fourth-order valence-corrected chi connectivity index (χ4v) is 3.61. The zero-order chi connectivity index (χ0) is 17.4. The van der Waals surface area contributed by atoms with E-state index in [2.05, 4.69) is 6.92 Å². The van der Waals surface area contributed by atoms with E-state index >= 15 is 0 Å². The smallest absolute Gasteiger partial charge is 0.228 e. The highest BCUT2D eigenvalue weighted by atomic mass is 16.5. The molecule has 24 heavy (non-hydrogen) atoms. The summed E-state index contributed by atoms with van der Waals surface area (Å²) in [6.45, 7) is 4.11. The molecule has 1 heterocycles. The van der Waals surface area contributed by atoms with Crippen molar-refractivity contribution in [3.63, 3.8) is 0 Å². The van der Waals surface area contributed by atoms with Gasteiger partial charge in [-0.05, 0) is 31.4 Å². The van der Waals surface area contributed by atoms with Crippen molar-refractivity contribution in [2.24, 2.45) is 0 Å². The second-order valence-corrected chi connectivity index (χ2v) is 6.24. The van der Waals surface area contributed by atoms with Gasteiger partial charge in [-0.2, -0.15) is 0 Å². The lowest BCUT2D eigenvalue weighted by atomic mass is 9.83. The van der Waals surface area contributed by atoms with Crippen LogP contribution in [-0.4, -0.2) is 31.9 Å². The summed E-state index contributed by atoms with van der Waals surface area (Å²) in [4.78, 5) is 25.2. The standard InChI is InChI=1S/C19H22O5/c1-5-6-14-16-11(7-10(2)24-14)8-12-17(19(16)23-4)13(20)9-15(22-3)18(12)21/h8-10,14H,5-7H2,1-4H3. The summed E-state index contributed by atoms with van der Waals surface area (Å²) in [6.07, 6.45) is 3.66. The lowest BCUT2D eigenvalue weighted by Crippen LogP contribution is -2.27. The van der Waals surface area contributed by atoms with E-state index in [9.17, 15) is 9.59 Å². The number of hydrogen-bond acceptors (Lipinski definition) is 5. The van der Waals surface area contributed by atoms with Gasteiger partial charge in [0.15, 0.2) is 11.5 Å². The minimum Gasteiger partial charge on any atom is -0.496 e. The topological polar surface area (TPSA) is 61.8 Å². The van der Waals surface area contributed by atoms with E-state index in [1.54, 1.807) is 0 Å². The molecule has 2 aliphatic rings. The SMILES string of the molecule is CCCC1OC(C)Cc2cc3c(c(OC)c21)C(=O)C=C(OC)C3=O. The first-order chi connectivity index (χ1) is 11.5. The van der Waals surface area contributed by atoms with Crippen molar-refractivity contribution < 1.29 is 23.8 Å². The van der Waals surface area contributed by atoms with Gasteiger partial charge in [-0.1, -0.05) is 13.3 Å². The molecule has 1 aliphatic heterocycles. The molecular formula is C19H22O5. The third-order valence-electron chi connectivity index (χ3n) is 4.58. The van der Waals surface area contributed by atoms with Crippen LogP contribution in [0.5, 0.6) is 5.75 Å². The van der Waals surface area contributed by atoms with Crippen LogP contribution in [0.1, 0.15) is 64.6 Å². The van der Waals surface area contributed by atoms with Gasteiger partial charge < -0.3 is 14.2 Å². The minimum atomic E-state index is -0.278. The van der Waals surface area contributed by atoms with Crippen molar-refractivity contribution in [1.29, 1.82) is 0 Å². The summed E-state index contributed by atoms with van der Waals surface area (Å²) in [7, 11) is 2.93. The van der Waals surface area contributed by atoms with Gasteiger partial charge in [0.1, 0.15) is 5.75 Å². The van der Waals surface area contributed by atoms with Crippen LogP contribution in [0.2, 0.25) is 0 Å².